The van der Waals surface area contributed by atoms with Crippen molar-refractivity contribution >= 4 is 5.91 Å². The fourth-order valence-corrected chi connectivity index (χ4v) is 2.73. The van der Waals surface area contributed by atoms with Crippen LogP contribution in [0.1, 0.15) is 24.3 Å². The van der Waals surface area contributed by atoms with Crippen molar-refractivity contribution in [2.24, 2.45) is 0 Å². The number of pyridine rings is 1. The van der Waals surface area contributed by atoms with Gasteiger partial charge in [-0.15, -0.1) is 0 Å². The second-order valence-corrected chi connectivity index (χ2v) is 6.24. The van der Waals surface area contributed by atoms with Crippen molar-refractivity contribution in [3.63, 3.8) is 0 Å². The van der Waals surface area contributed by atoms with Crippen molar-refractivity contribution in [1.29, 1.82) is 0 Å². The van der Waals surface area contributed by atoms with Crippen LogP contribution in [0.2, 0.25) is 0 Å². The molecule has 2 N–H and O–H groups in total. The van der Waals surface area contributed by atoms with Crippen LogP contribution in [-0.2, 0) is 17.6 Å². The molecule has 3 aromatic rings. The van der Waals surface area contributed by atoms with E-state index in [-0.39, 0.29) is 18.6 Å². The van der Waals surface area contributed by atoms with Gasteiger partial charge < -0.3 is 14.9 Å². The third-order valence-corrected chi connectivity index (χ3v) is 4.09. The molecule has 7 nitrogen and oxygen atoms in total. The maximum atomic E-state index is 12.1. The molecule has 0 spiro atoms. The van der Waals surface area contributed by atoms with Crippen molar-refractivity contribution < 1.29 is 14.4 Å². The Kier molecular flexibility index (Phi) is 6.65. The van der Waals surface area contributed by atoms with Gasteiger partial charge in [-0.05, 0) is 30.5 Å². The van der Waals surface area contributed by atoms with Crippen molar-refractivity contribution in [3.8, 4) is 11.4 Å². The summed E-state index contributed by atoms with van der Waals surface area (Å²) in [5, 5.41) is 16.3. The highest BCUT2D eigenvalue weighted by molar-refractivity contribution is 5.76. The highest BCUT2D eigenvalue weighted by Crippen LogP contribution is 2.14. The molecule has 0 unspecified atom stereocenters. The fraction of sp³-hybridized carbons (Fsp3) is 0.300. The van der Waals surface area contributed by atoms with Crippen LogP contribution in [0, 0.1) is 0 Å². The summed E-state index contributed by atoms with van der Waals surface area (Å²) in [4.78, 5) is 20.5. The first-order chi connectivity index (χ1) is 13.2. The zero-order chi connectivity index (χ0) is 18.9. The molecule has 1 amide bonds. The highest BCUT2D eigenvalue weighted by Gasteiger charge is 2.13. The Labute approximate surface area is 157 Å². The van der Waals surface area contributed by atoms with Crippen LogP contribution >= 0.6 is 0 Å². The first kappa shape index (κ1) is 18.7. The average Bonchev–Trinajstić information content (AvgIpc) is 3.18. The lowest BCUT2D eigenvalue weighted by molar-refractivity contribution is -0.122. The maximum Gasteiger partial charge on any atom is 0.226 e. The van der Waals surface area contributed by atoms with Crippen LogP contribution < -0.4 is 5.32 Å². The Bertz CT molecular complexity index is 837. The number of hydrogen-bond donors (Lipinski definition) is 2. The number of carbonyl (C=O) groups is 1. The molecule has 7 heteroatoms. The number of aliphatic hydroxyl groups excluding tert-OH is 1. The van der Waals surface area contributed by atoms with Crippen molar-refractivity contribution in [1.82, 2.24) is 20.4 Å². The van der Waals surface area contributed by atoms with Crippen LogP contribution in [0.5, 0.6) is 0 Å². The normalized spacial score (nSPS) is 11.9. The predicted molar refractivity (Wildman–Crippen MR) is 99.6 cm³/mol. The van der Waals surface area contributed by atoms with Crippen molar-refractivity contribution in [2.45, 2.75) is 31.7 Å². The molecule has 0 radical (unpaired) electrons. The Hall–Kier alpha value is -3.06. The van der Waals surface area contributed by atoms with Crippen LogP contribution in [0.4, 0.5) is 0 Å². The SMILES string of the molecule is O=C(CCCc1nc(-c2cccnc2)no1)N[C@@H](CO)Cc1ccccc1. The van der Waals surface area contributed by atoms with Gasteiger partial charge >= 0.3 is 0 Å². The number of nitrogens with zero attached hydrogens (tertiary/aromatic N) is 3. The lowest BCUT2D eigenvalue weighted by atomic mass is 10.1. The molecule has 140 valence electrons. The third kappa shape index (κ3) is 5.72. The molecule has 0 fully saturated rings. The molecule has 0 aliphatic rings. The van der Waals surface area contributed by atoms with Crippen molar-refractivity contribution in [3.05, 3.63) is 66.3 Å². The minimum atomic E-state index is -0.291. The first-order valence-electron chi connectivity index (χ1n) is 8.91. The first-order valence-corrected chi connectivity index (χ1v) is 8.91. The summed E-state index contributed by atoms with van der Waals surface area (Å²) in [6.45, 7) is -0.0984. The van der Waals surface area contributed by atoms with E-state index in [0.29, 0.717) is 37.4 Å². The lowest BCUT2D eigenvalue weighted by Crippen LogP contribution is -2.39. The van der Waals surface area contributed by atoms with E-state index in [4.69, 9.17) is 4.52 Å². The Morgan fingerprint density at radius 1 is 1.19 bits per heavy atom. The molecule has 0 aliphatic carbocycles. The van der Waals surface area contributed by atoms with Crippen LogP contribution in [0.25, 0.3) is 11.4 Å². The Balaban J connectivity index is 1.43. The molecule has 0 bridgehead atoms. The van der Waals surface area contributed by atoms with Crippen LogP contribution in [0.3, 0.4) is 0 Å². The minimum Gasteiger partial charge on any atom is -0.394 e. The smallest absolute Gasteiger partial charge is 0.226 e. The zero-order valence-electron chi connectivity index (χ0n) is 14.9. The number of benzene rings is 1. The second-order valence-electron chi connectivity index (χ2n) is 6.24. The van der Waals surface area contributed by atoms with Gasteiger partial charge in [-0.25, -0.2) is 0 Å². The molecule has 1 aromatic carbocycles. The van der Waals surface area contributed by atoms with Gasteiger partial charge in [-0.2, -0.15) is 4.98 Å². The predicted octanol–water partition coefficient (Wildman–Crippen LogP) is 2.17. The largest absolute Gasteiger partial charge is 0.394 e. The van der Waals surface area contributed by atoms with Gasteiger partial charge in [-0.3, -0.25) is 9.78 Å². The fourth-order valence-electron chi connectivity index (χ4n) is 2.73. The van der Waals surface area contributed by atoms with E-state index in [0.717, 1.165) is 11.1 Å². The summed E-state index contributed by atoms with van der Waals surface area (Å²) < 4.78 is 5.22. The van der Waals surface area contributed by atoms with Gasteiger partial charge in [0, 0.05) is 30.8 Å². The summed E-state index contributed by atoms with van der Waals surface area (Å²) in [6.07, 6.45) is 5.38. The van der Waals surface area contributed by atoms with E-state index in [9.17, 15) is 9.90 Å². The third-order valence-electron chi connectivity index (χ3n) is 4.09. The Morgan fingerprint density at radius 2 is 2.04 bits per heavy atom. The molecule has 2 heterocycles. The van der Waals surface area contributed by atoms with Gasteiger partial charge in [0.25, 0.3) is 0 Å². The lowest BCUT2D eigenvalue weighted by Gasteiger charge is -2.16. The number of aryl methyl sites for hydroxylation is 1. The van der Waals surface area contributed by atoms with Crippen LogP contribution in [-0.4, -0.2) is 38.8 Å². The number of nitrogens with one attached hydrogen (secondary N) is 1. The molecular formula is C20H22N4O3. The van der Waals surface area contributed by atoms with Gasteiger partial charge in [-0.1, -0.05) is 35.5 Å². The second kappa shape index (κ2) is 9.59. The summed E-state index contributed by atoms with van der Waals surface area (Å²) in [7, 11) is 0. The van der Waals surface area contributed by atoms with E-state index < -0.39 is 0 Å². The monoisotopic (exact) mass is 366 g/mol. The molecule has 3 rings (SSSR count). The Morgan fingerprint density at radius 3 is 2.78 bits per heavy atom. The topological polar surface area (TPSA) is 101 Å². The average molecular weight is 366 g/mol. The molecule has 27 heavy (non-hydrogen) atoms. The minimum absolute atomic E-state index is 0.0984. The zero-order valence-corrected chi connectivity index (χ0v) is 14.9. The molecule has 0 aliphatic heterocycles. The van der Waals surface area contributed by atoms with E-state index in [1.165, 1.54) is 0 Å². The number of hydrogen-bond acceptors (Lipinski definition) is 6. The number of rotatable bonds is 9. The van der Waals surface area contributed by atoms with E-state index in [1.807, 2.05) is 42.5 Å². The number of carbonyl (C=O) groups excluding carboxylic acids is 1. The standard InChI is InChI=1S/C20H22N4O3/c25-14-17(12-15-6-2-1-3-7-15)22-18(26)9-4-10-19-23-20(24-27-19)16-8-5-11-21-13-16/h1-3,5-8,11,13,17,25H,4,9-10,12,14H2,(H,22,26)/t17-/m1/s1. The van der Waals surface area contributed by atoms with E-state index in [2.05, 4.69) is 20.4 Å². The van der Waals surface area contributed by atoms with Gasteiger partial charge in [0.05, 0.1) is 12.6 Å². The highest BCUT2D eigenvalue weighted by atomic mass is 16.5. The quantitative estimate of drug-likeness (QED) is 0.602. The molecule has 1 atom stereocenters. The summed E-state index contributed by atoms with van der Waals surface area (Å²) in [5.41, 5.74) is 1.86. The number of amides is 1. The van der Waals surface area contributed by atoms with Gasteiger partial charge in [0.1, 0.15) is 0 Å². The molecular weight excluding hydrogens is 344 g/mol. The molecule has 0 saturated carbocycles. The number of aliphatic hydroxyl groups is 1. The van der Waals surface area contributed by atoms with Crippen LogP contribution in [0.15, 0.2) is 59.4 Å². The van der Waals surface area contributed by atoms with Crippen molar-refractivity contribution in [2.75, 3.05) is 6.61 Å². The molecule has 2 aromatic heterocycles. The summed E-state index contributed by atoms with van der Waals surface area (Å²) in [5.74, 6) is 0.882. The van der Waals surface area contributed by atoms with Gasteiger partial charge in [0.2, 0.25) is 17.6 Å². The number of aromatic nitrogens is 3. The molecule has 0 saturated heterocycles. The van der Waals surface area contributed by atoms with E-state index >= 15 is 0 Å². The maximum absolute atomic E-state index is 12.1. The van der Waals surface area contributed by atoms with Gasteiger partial charge in [0.15, 0.2) is 0 Å². The summed E-state index contributed by atoms with van der Waals surface area (Å²) in [6, 6.07) is 13.1. The van der Waals surface area contributed by atoms with E-state index in [1.54, 1.807) is 12.4 Å². The summed E-state index contributed by atoms with van der Waals surface area (Å²) >= 11 is 0.